The molecule has 0 saturated carbocycles. The maximum Gasteiger partial charge on any atom is 0.237 e. The highest BCUT2D eigenvalue weighted by atomic mass is 16.5. The van der Waals surface area contributed by atoms with Crippen LogP contribution in [0.1, 0.15) is 29.7 Å². The Bertz CT molecular complexity index is 1080. The van der Waals surface area contributed by atoms with Gasteiger partial charge in [0.25, 0.3) is 0 Å². The number of fused-ring (bicyclic) bond motifs is 5. The Morgan fingerprint density at radius 1 is 1.21 bits per heavy atom. The van der Waals surface area contributed by atoms with Gasteiger partial charge in [0.05, 0.1) is 42.5 Å². The van der Waals surface area contributed by atoms with Gasteiger partial charge in [0.15, 0.2) is 0 Å². The second-order valence-corrected chi connectivity index (χ2v) is 6.86. The van der Waals surface area contributed by atoms with E-state index in [-0.39, 0.29) is 6.04 Å². The fourth-order valence-corrected chi connectivity index (χ4v) is 3.65. The Morgan fingerprint density at radius 2 is 2.11 bits per heavy atom. The molecule has 28 heavy (non-hydrogen) atoms. The van der Waals surface area contributed by atoms with Crippen molar-refractivity contribution in [1.29, 1.82) is 0 Å². The maximum atomic E-state index is 5.78. The number of ether oxygens (including phenoxy) is 3. The lowest BCUT2D eigenvalue weighted by molar-refractivity contribution is 0.180. The molecule has 2 aliphatic rings. The van der Waals surface area contributed by atoms with E-state index in [1.807, 2.05) is 29.8 Å². The third-order valence-electron chi connectivity index (χ3n) is 5.00. The number of hydrogen-bond acceptors (Lipinski definition) is 7. The van der Waals surface area contributed by atoms with Crippen molar-refractivity contribution in [3.05, 3.63) is 47.3 Å². The molecule has 9 heteroatoms. The van der Waals surface area contributed by atoms with Crippen LogP contribution in [0, 0.1) is 0 Å². The molecule has 1 atom stereocenters. The Labute approximate surface area is 161 Å². The van der Waals surface area contributed by atoms with E-state index < -0.39 is 0 Å². The molecule has 5 rings (SSSR count). The summed E-state index contributed by atoms with van der Waals surface area (Å²) >= 11 is 0. The summed E-state index contributed by atoms with van der Waals surface area (Å²) in [7, 11) is 3.30. The molecule has 0 radical (unpaired) electrons. The van der Waals surface area contributed by atoms with Crippen molar-refractivity contribution >= 4 is 5.90 Å². The SMILES string of the molecule is COCc1nnn2c1Cc1c(C3=N[C@@H](C)CO3)ncn1-c1ccc(OC)cc1-2. The number of aliphatic imine (C=N–C) groups is 1. The molecule has 0 N–H and O–H groups in total. The number of methoxy groups -OCH3 is 2. The van der Waals surface area contributed by atoms with Gasteiger partial charge in [-0.2, -0.15) is 0 Å². The van der Waals surface area contributed by atoms with Crippen LogP contribution in [0.2, 0.25) is 0 Å². The standard InChI is InChI=1S/C19H20N6O3/c1-11-8-28-19(21-11)18-17-7-15-13(9-26-2)22-23-25(15)16-6-12(27-3)4-5-14(16)24(17)10-20-18/h4-6,10-11H,7-9H2,1-3H3/t11-/m0/s1. The summed E-state index contributed by atoms with van der Waals surface area (Å²) in [5, 5.41) is 8.73. The van der Waals surface area contributed by atoms with Crippen molar-refractivity contribution < 1.29 is 14.2 Å². The smallest absolute Gasteiger partial charge is 0.237 e. The van der Waals surface area contributed by atoms with E-state index in [4.69, 9.17) is 14.2 Å². The molecule has 4 heterocycles. The molecule has 0 amide bonds. The fraction of sp³-hybridized carbons (Fsp3) is 0.368. The van der Waals surface area contributed by atoms with Crippen LogP contribution in [0.15, 0.2) is 29.5 Å². The largest absolute Gasteiger partial charge is 0.497 e. The van der Waals surface area contributed by atoms with Crippen LogP contribution in [0.5, 0.6) is 5.75 Å². The summed E-state index contributed by atoms with van der Waals surface area (Å²) in [5.41, 5.74) is 5.29. The number of benzene rings is 1. The van der Waals surface area contributed by atoms with Crippen molar-refractivity contribution in [2.45, 2.75) is 26.0 Å². The lowest BCUT2D eigenvalue weighted by atomic mass is 10.1. The normalized spacial score (nSPS) is 17.2. The summed E-state index contributed by atoms with van der Waals surface area (Å²) in [4.78, 5) is 9.22. The molecule has 0 bridgehead atoms. The minimum Gasteiger partial charge on any atom is -0.497 e. The number of nitrogens with zero attached hydrogens (tertiary/aromatic N) is 6. The van der Waals surface area contributed by atoms with Gasteiger partial charge in [-0.15, -0.1) is 5.10 Å². The van der Waals surface area contributed by atoms with Crippen molar-refractivity contribution in [3.8, 4) is 17.1 Å². The molecule has 9 nitrogen and oxygen atoms in total. The van der Waals surface area contributed by atoms with Gasteiger partial charge in [0.1, 0.15) is 30.1 Å². The molecular weight excluding hydrogens is 360 g/mol. The number of hydrogen-bond donors (Lipinski definition) is 0. The lowest BCUT2D eigenvalue weighted by Crippen LogP contribution is -2.09. The first-order valence-corrected chi connectivity index (χ1v) is 9.08. The molecule has 144 valence electrons. The van der Waals surface area contributed by atoms with Gasteiger partial charge in [-0.05, 0) is 19.1 Å². The van der Waals surface area contributed by atoms with Gasteiger partial charge in [-0.1, -0.05) is 5.21 Å². The van der Waals surface area contributed by atoms with Crippen LogP contribution in [0.4, 0.5) is 0 Å². The third-order valence-corrected chi connectivity index (χ3v) is 5.00. The summed E-state index contributed by atoms with van der Waals surface area (Å²) < 4.78 is 20.4. The Balaban J connectivity index is 1.75. The number of imidazole rings is 1. The van der Waals surface area contributed by atoms with Crippen LogP contribution < -0.4 is 4.74 Å². The Morgan fingerprint density at radius 3 is 2.86 bits per heavy atom. The molecule has 2 aromatic heterocycles. The zero-order valence-corrected chi connectivity index (χ0v) is 15.9. The molecule has 1 aromatic carbocycles. The summed E-state index contributed by atoms with van der Waals surface area (Å²) in [6.07, 6.45) is 2.38. The van der Waals surface area contributed by atoms with Gasteiger partial charge < -0.3 is 14.2 Å². The highest BCUT2D eigenvalue weighted by Crippen LogP contribution is 2.33. The van der Waals surface area contributed by atoms with Crippen LogP contribution >= 0.6 is 0 Å². The zero-order chi connectivity index (χ0) is 19.3. The molecule has 0 saturated heterocycles. The molecule has 3 aromatic rings. The van der Waals surface area contributed by atoms with Gasteiger partial charge in [-0.3, -0.25) is 4.57 Å². The van der Waals surface area contributed by atoms with Crippen molar-refractivity contribution in [2.75, 3.05) is 20.8 Å². The van der Waals surface area contributed by atoms with Crippen molar-refractivity contribution in [2.24, 2.45) is 4.99 Å². The first-order chi connectivity index (χ1) is 13.7. The summed E-state index contributed by atoms with van der Waals surface area (Å²) in [6.45, 7) is 2.98. The molecular formula is C19H20N6O3. The third kappa shape index (κ3) is 2.50. The quantitative estimate of drug-likeness (QED) is 0.535. The van der Waals surface area contributed by atoms with E-state index in [0.29, 0.717) is 25.5 Å². The highest BCUT2D eigenvalue weighted by molar-refractivity contribution is 5.94. The monoisotopic (exact) mass is 380 g/mol. The van der Waals surface area contributed by atoms with E-state index >= 15 is 0 Å². The first kappa shape index (κ1) is 16.9. The van der Waals surface area contributed by atoms with E-state index in [1.165, 1.54) is 0 Å². The summed E-state index contributed by atoms with van der Waals surface area (Å²) in [6, 6.07) is 6.00. The average Bonchev–Trinajstić information content (AvgIpc) is 3.40. The Kier molecular flexibility index (Phi) is 3.90. The molecule has 0 aliphatic carbocycles. The van der Waals surface area contributed by atoms with Gasteiger partial charge in [0.2, 0.25) is 5.90 Å². The lowest BCUT2D eigenvalue weighted by Gasteiger charge is -2.11. The highest BCUT2D eigenvalue weighted by Gasteiger charge is 2.30. The minimum absolute atomic E-state index is 0.130. The topological polar surface area (TPSA) is 88.6 Å². The number of aromatic nitrogens is 5. The van der Waals surface area contributed by atoms with Gasteiger partial charge >= 0.3 is 0 Å². The van der Waals surface area contributed by atoms with E-state index in [2.05, 4.69) is 24.9 Å². The van der Waals surface area contributed by atoms with E-state index in [9.17, 15) is 0 Å². The fourth-order valence-electron chi connectivity index (χ4n) is 3.65. The molecule has 0 spiro atoms. The predicted octanol–water partition coefficient (Wildman–Crippen LogP) is 1.68. The Hall–Kier alpha value is -3.20. The van der Waals surface area contributed by atoms with E-state index in [0.717, 1.165) is 39.9 Å². The van der Waals surface area contributed by atoms with Crippen LogP contribution in [-0.4, -0.2) is 57.3 Å². The predicted molar refractivity (Wildman–Crippen MR) is 101 cm³/mol. The molecule has 2 aliphatic heterocycles. The summed E-state index contributed by atoms with van der Waals surface area (Å²) in [5.74, 6) is 1.33. The first-order valence-electron chi connectivity index (χ1n) is 9.08. The maximum absolute atomic E-state index is 5.78. The van der Waals surface area contributed by atoms with Gasteiger partial charge in [0, 0.05) is 19.6 Å². The van der Waals surface area contributed by atoms with Crippen LogP contribution in [0.3, 0.4) is 0 Å². The van der Waals surface area contributed by atoms with Crippen molar-refractivity contribution in [1.82, 2.24) is 24.5 Å². The molecule has 0 unspecified atom stereocenters. The van der Waals surface area contributed by atoms with Crippen LogP contribution in [0.25, 0.3) is 11.4 Å². The minimum atomic E-state index is 0.130. The zero-order valence-electron chi connectivity index (χ0n) is 15.9. The number of rotatable bonds is 4. The van der Waals surface area contributed by atoms with E-state index in [1.54, 1.807) is 20.5 Å². The van der Waals surface area contributed by atoms with Crippen molar-refractivity contribution in [3.63, 3.8) is 0 Å². The second kappa shape index (κ2) is 6.45. The average molecular weight is 380 g/mol. The van der Waals surface area contributed by atoms with Crippen LogP contribution in [-0.2, 0) is 22.5 Å². The molecule has 0 fully saturated rings. The second-order valence-electron chi connectivity index (χ2n) is 6.86. The van der Waals surface area contributed by atoms with Gasteiger partial charge in [-0.25, -0.2) is 14.7 Å².